The molecule has 0 atom stereocenters. The first-order valence-corrected chi connectivity index (χ1v) is 10.1. The summed E-state index contributed by atoms with van der Waals surface area (Å²) in [6.45, 7) is 5.11. The van der Waals surface area contributed by atoms with Crippen LogP contribution >= 0.6 is 22.9 Å². The lowest BCUT2D eigenvalue weighted by Crippen LogP contribution is -2.32. The summed E-state index contributed by atoms with van der Waals surface area (Å²) < 4.78 is 8.40. The van der Waals surface area contributed by atoms with Gasteiger partial charge in [0.2, 0.25) is 0 Å². The van der Waals surface area contributed by atoms with Gasteiger partial charge in [0, 0.05) is 36.1 Å². The van der Waals surface area contributed by atoms with Gasteiger partial charge in [0.15, 0.2) is 10.9 Å². The third kappa shape index (κ3) is 3.68. The van der Waals surface area contributed by atoms with Gasteiger partial charge in [-0.25, -0.2) is 9.97 Å². The van der Waals surface area contributed by atoms with Gasteiger partial charge >= 0.3 is 0 Å². The van der Waals surface area contributed by atoms with Crippen LogP contribution in [0.3, 0.4) is 0 Å². The number of hydrogen-bond donors (Lipinski definition) is 0. The second-order valence-electron chi connectivity index (χ2n) is 6.61. The summed E-state index contributed by atoms with van der Waals surface area (Å²) in [6.07, 6.45) is 7.72. The standard InChI is InChI=1S/C20H19ClN4O2S/c1-13-4-9-27-18(13)19(26)25(7-3-6-24-8-5-22-12-24)20-23-17-14(2)10-15(21)11-16(17)28-20/h4-5,8-12H,3,6-7H2,1-2H3. The van der Waals surface area contributed by atoms with Gasteiger partial charge in [-0.15, -0.1) is 0 Å². The van der Waals surface area contributed by atoms with Crippen LogP contribution in [-0.2, 0) is 6.54 Å². The highest BCUT2D eigenvalue weighted by atomic mass is 35.5. The third-order valence-electron chi connectivity index (χ3n) is 4.53. The topological polar surface area (TPSA) is 64.2 Å². The molecular formula is C20H19ClN4O2S. The van der Waals surface area contributed by atoms with Gasteiger partial charge in [-0.3, -0.25) is 9.69 Å². The van der Waals surface area contributed by atoms with E-state index in [1.165, 1.54) is 17.6 Å². The van der Waals surface area contributed by atoms with E-state index in [-0.39, 0.29) is 5.91 Å². The number of aryl methyl sites for hydroxylation is 3. The predicted octanol–water partition coefficient (Wildman–Crippen LogP) is 5.09. The second kappa shape index (κ2) is 7.77. The van der Waals surface area contributed by atoms with E-state index in [0.29, 0.717) is 22.5 Å². The number of benzene rings is 1. The van der Waals surface area contributed by atoms with E-state index in [0.717, 1.165) is 34.3 Å². The molecule has 28 heavy (non-hydrogen) atoms. The minimum Gasteiger partial charge on any atom is -0.459 e. The lowest BCUT2D eigenvalue weighted by Gasteiger charge is -2.19. The Balaban J connectivity index is 1.66. The molecule has 3 heterocycles. The molecule has 0 unspecified atom stereocenters. The van der Waals surface area contributed by atoms with Crippen molar-refractivity contribution in [1.82, 2.24) is 14.5 Å². The Bertz CT molecular complexity index is 1120. The van der Waals surface area contributed by atoms with E-state index in [1.54, 1.807) is 23.5 Å². The van der Waals surface area contributed by atoms with Gasteiger partial charge in [0.05, 0.1) is 22.8 Å². The van der Waals surface area contributed by atoms with Crippen LogP contribution in [0.5, 0.6) is 0 Å². The van der Waals surface area contributed by atoms with Crippen LogP contribution in [0.15, 0.2) is 47.6 Å². The third-order valence-corrected chi connectivity index (χ3v) is 5.77. The van der Waals surface area contributed by atoms with Crippen LogP contribution in [0.1, 0.15) is 28.1 Å². The van der Waals surface area contributed by atoms with Crippen molar-refractivity contribution in [3.8, 4) is 0 Å². The van der Waals surface area contributed by atoms with Gasteiger partial charge in [0.25, 0.3) is 5.91 Å². The molecule has 0 bridgehead atoms. The van der Waals surface area contributed by atoms with Crippen LogP contribution in [0, 0.1) is 13.8 Å². The average Bonchev–Trinajstić information content (AvgIpc) is 3.38. The normalized spacial score (nSPS) is 11.2. The molecule has 0 aliphatic heterocycles. The zero-order valence-corrected chi connectivity index (χ0v) is 17.1. The van der Waals surface area contributed by atoms with Crippen molar-refractivity contribution in [2.24, 2.45) is 0 Å². The number of rotatable bonds is 6. The maximum atomic E-state index is 13.2. The highest BCUT2D eigenvalue weighted by molar-refractivity contribution is 7.22. The van der Waals surface area contributed by atoms with Crippen LogP contribution in [0.4, 0.5) is 5.13 Å². The van der Waals surface area contributed by atoms with Crippen molar-refractivity contribution in [2.45, 2.75) is 26.8 Å². The average molecular weight is 415 g/mol. The number of nitrogens with zero attached hydrogens (tertiary/aromatic N) is 4. The van der Waals surface area contributed by atoms with Gasteiger partial charge in [-0.1, -0.05) is 22.9 Å². The maximum Gasteiger partial charge on any atom is 0.296 e. The summed E-state index contributed by atoms with van der Waals surface area (Å²) in [5.74, 6) is 0.160. The number of thiazole rings is 1. The van der Waals surface area contributed by atoms with E-state index in [2.05, 4.69) is 4.98 Å². The lowest BCUT2D eigenvalue weighted by molar-refractivity contribution is 0.0959. The Morgan fingerprint density at radius 2 is 2.18 bits per heavy atom. The molecule has 0 aliphatic rings. The molecule has 0 saturated carbocycles. The highest BCUT2D eigenvalue weighted by Crippen LogP contribution is 2.34. The zero-order chi connectivity index (χ0) is 19.7. The Labute approximate surface area is 171 Å². The second-order valence-corrected chi connectivity index (χ2v) is 8.05. The van der Waals surface area contributed by atoms with E-state index < -0.39 is 0 Å². The number of fused-ring (bicyclic) bond motifs is 1. The van der Waals surface area contributed by atoms with Crippen molar-refractivity contribution >= 4 is 44.2 Å². The van der Waals surface area contributed by atoms with Gasteiger partial charge in [-0.05, 0) is 44.0 Å². The summed E-state index contributed by atoms with van der Waals surface area (Å²) in [5.41, 5.74) is 2.67. The van der Waals surface area contributed by atoms with E-state index in [4.69, 9.17) is 21.0 Å². The molecule has 0 spiro atoms. The Kier molecular flexibility index (Phi) is 5.19. The number of imidazole rings is 1. The Morgan fingerprint density at radius 1 is 1.32 bits per heavy atom. The first-order valence-electron chi connectivity index (χ1n) is 8.91. The molecular weight excluding hydrogens is 396 g/mol. The number of carbonyl (C=O) groups excluding carboxylic acids is 1. The lowest BCUT2D eigenvalue weighted by atomic mass is 10.2. The van der Waals surface area contributed by atoms with Crippen molar-refractivity contribution in [3.05, 3.63) is 65.1 Å². The minimum atomic E-state index is -0.184. The first kappa shape index (κ1) is 18.7. The summed E-state index contributed by atoms with van der Waals surface area (Å²) in [6, 6.07) is 5.56. The molecule has 8 heteroatoms. The quantitative estimate of drug-likeness (QED) is 0.440. The molecule has 0 N–H and O–H groups in total. The fourth-order valence-electron chi connectivity index (χ4n) is 3.09. The summed E-state index contributed by atoms with van der Waals surface area (Å²) in [7, 11) is 0. The molecule has 0 radical (unpaired) electrons. The molecule has 4 aromatic rings. The SMILES string of the molecule is Cc1ccoc1C(=O)N(CCCn1ccnc1)c1nc2c(C)cc(Cl)cc2s1. The van der Waals surface area contributed by atoms with E-state index in [1.807, 2.05) is 36.7 Å². The van der Waals surface area contributed by atoms with E-state index >= 15 is 0 Å². The molecule has 6 nitrogen and oxygen atoms in total. The molecule has 144 valence electrons. The largest absolute Gasteiger partial charge is 0.459 e. The molecule has 0 saturated heterocycles. The number of furan rings is 1. The molecule has 4 rings (SSSR count). The number of anilines is 1. The highest BCUT2D eigenvalue weighted by Gasteiger charge is 2.25. The van der Waals surface area contributed by atoms with Gasteiger partial charge in [-0.2, -0.15) is 0 Å². The molecule has 3 aromatic heterocycles. The van der Waals surface area contributed by atoms with Crippen LogP contribution in [0.2, 0.25) is 5.02 Å². The monoisotopic (exact) mass is 414 g/mol. The summed E-state index contributed by atoms with van der Waals surface area (Å²) in [4.78, 5) is 23.7. The number of amides is 1. The van der Waals surface area contributed by atoms with Gasteiger partial charge < -0.3 is 8.98 Å². The van der Waals surface area contributed by atoms with Crippen molar-refractivity contribution in [1.29, 1.82) is 0 Å². The van der Waals surface area contributed by atoms with Crippen LogP contribution < -0.4 is 4.90 Å². The van der Waals surface area contributed by atoms with Crippen molar-refractivity contribution < 1.29 is 9.21 Å². The maximum absolute atomic E-state index is 13.2. The number of halogens is 1. The minimum absolute atomic E-state index is 0.184. The van der Waals surface area contributed by atoms with Crippen LogP contribution in [0.25, 0.3) is 10.2 Å². The summed E-state index contributed by atoms with van der Waals surface area (Å²) in [5, 5.41) is 1.31. The van der Waals surface area contributed by atoms with Crippen molar-refractivity contribution in [3.63, 3.8) is 0 Å². The smallest absolute Gasteiger partial charge is 0.296 e. The fourth-order valence-corrected chi connectivity index (χ4v) is 4.53. The van der Waals surface area contributed by atoms with Crippen LogP contribution in [-0.4, -0.2) is 27.0 Å². The van der Waals surface area contributed by atoms with Gasteiger partial charge in [0.1, 0.15) is 0 Å². The van der Waals surface area contributed by atoms with Crippen molar-refractivity contribution in [2.75, 3.05) is 11.4 Å². The molecule has 0 aliphatic carbocycles. The number of hydrogen-bond acceptors (Lipinski definition) is 5. The Morgan fingerprint density at radius 3 is 2.89 bits per heavy atom. The number of aromatic nitrogens is 3. The molecule has 1 aromatic carbocycles. The summed E-state index contributed by atoms with van der Waals surface area (Å²) >= 11 is 7.65. The Hall–Kier alpha value is -2.64. The molecule has 0 fully saturated rings. The first-order chi connectivity index (χ1) is 13.5. The fraction of sp³-hybridized carbons (Fsp3) is 0.250. The zero-order valence-electron chi connectivity index (χ0n) is 15.6. The van der Waals surface area contributed by atoms with E-state index in [9.17, 15) is 4.79 Å². The predicted molar refractivity (Wildman–Crippen MR) is 111 cm³/mol. The number of carbonyl (C=O) groups is 1. The molecule has 1 amide bonds.